The van der Waals surface area contributed by atoms with Crippen LogP contribution in [-0.4, -0.2) is 18.4 Å². The molecule has 11 heavy (non-hydrogen) atoms. The van der Waals surface area contributed by atoms with Crippen LogP contribution in [0.3, 0.4) is 0 Å². The minimum Gasteiger partial charge on any atom is -0.396 e. The molecule has 2 nitrogen and oxygen atoms in total. The van der Waals surface area contributed by atoms with E-state index in [1.165, 1.54) is 0 Å². The predicted molar refractivity (Wildman–Crippen MR) is 47.5 cm³/mol. The first-order valence-electron chi connectivity index (χ1n) is 4.25. The van der Waals surface area contributed by atoms with Gasteiger partial charge in [0.05, 0.1) is 0 Å². The van der Waals surface area contributed by atoms with Gasteiger partial charge < -0.3 is 5.11 Å². The monoisotopic (exact) mass is 153 g/mol. The molecule has 0 heterocycles. The van der Waals surface area contributed by atoms with Gasteiger partial charge >= 0.3 is 0 Å². The van der Waals surface area contributed by atoms with Crippen molar-refractivity contribution in [3.05, 3.63) is 0 Å². The van der Waals surface area contributed by atoms with E-state index in [-0.39, 0.29) is 13.3 Å². The summed E-state index contributed by atoms with van der Waals surface area (Å²) in [5.74, 6) is 2.59. The van der Waals surface area contributed by atoms with Crippen molar-refractivity contribution in [1.29, 1.82) is 5.26 Å². The third kappa shape index (κ3) is 4.86. The van der Waals surface area contributed by atoms with Gasteiger partial charge in [0.25, 0.3) is 6.71 Å². The highest BCUT2D eigenvalue weighted by molar-refractivity contribution is 6.66. The van der Waals surface area contributed by atoms with Gasteiger partial charge in [-0.05, 0) is 5.92 Å². The lowest BCUT2D eigenvalue weighted by Crippen LogP contribution is -2.11. The zero-order chi connectivity index (χ0) is 8.69. The first-order valence-corrected chi connectivity index (χ1v) is 4.25. The van der Waals surface area contributed by atoms with E-state index in [1.807, 2.05) is 13.8 Å². The molecule has 0 aliphatic carbocycles. The molecule has 62 valence electrons. The van der Waals surface area contributed by atoms with Gasteiger partial charge in [0.2, 0.25) is 0 Å². The fourth-order valence-electron chi connectivity index (χ4n) is 0.937. The maximum absolute atomic E-state index is 8.71. The van der Waals surface area contributed by atoms with Crippen molar-refractivity contribution < 1.29 is 5.11 Å². The lowest BCUT2D eigenvalue weighted by Gasteiger charge is -2.07. The highest BCUT2D eigenvalue weighted by Crippen LogP contribution is 2.09. The number of nitriles is 1. The lowest BCUT2D eigenvalue weighted by molar-refractivity contribution is 0.234. The van der Waals surface area contributed by atoms with Crippen molar-refractivity contribution >= 4 is 6.71 Å². The molecule has 0 saturated heterocycles. The normalized spacial score (nSPS) is 12.2. The predicted octanol–water partition coefficient (Wildman–Crippen LogP) is 1.58. The largest absolute Gasteiger partial charge is 0.396 e. The van der Waals surface area contributed by atoms with Gasteiger partial charge in [0, 0.05) is 12.6 Å². The van der Waals surface area contributed by atoms with Gasteiger partial charge in [-0.25, -0.2) is 5.26 Å². The number of aliphatic hydroxyl groups excluding tert-OH is 1. The number of rotatable bonds is 5. The summed E-state index contributed by atoms with van der Waals surface area (Å²) in [6, 6.07) is 0. The Bertz CT molecular complexity index is 133. The van der Waals surface area contributed by atoms with Crippen molar-refractivity contribution in [3.8, 4) is 5.97 Å². The summed E-state index contributed by atoms with van der Waals surface area (Å²) in [5, 5.41) is 17.3. The van der Waals surface area contributed by atoms with Crippen LogP contribution < -0.4 is 0 Å². The lowest BCUT2D eigenvalue weighted by atomic mass is 9.46. The van der Waals surface area contributed by atoms with E-state index in [2.05, 4.69) is 5.97 Å². The molecule has 1 unspecified atom stereocenters. The molecule has 0 spiro atoms. The fourth-order valence-corrected chi connectivity index (χ4v) is 0.937. The van der Waals surface area contributed by atoms with E-state index < -0.39 is 0 Å². The molecule has 0 radical (unpaired) electrons. The minimum atomic E-state index is 0.184. The molecule has 1 atom stereocenters. The average Bonchev–Trinajstić information content (AvgIpc) is 2.06. The molecule has 0 aromatic rings. The summed E-state index contributed by atoms with van der Waals surface area (Å²) in [6.45, 7) is 4.45. The van der Waals surface area contributed by atoms with Crippen LogP contribution in [-0.2, 0) is 0 Å². The number of aliphatic hydroxyl groups is 1. The van der Waals surface area contributed by atoms with Crippen LogP contribution in [0.15, 0.2) is 0 Å². The molecule has 0 aliphatic heterocycles. The molecule has 0 aliphatic rings. The SMILES string of the molecule is CCB(C#N)CCC(C)CO. The second kappa shape index (κ2) is 6.24. The van der Waals surface area contributed by atoms with Gasteiger partial charge in [-0.2, -0.15) is 0 Å². The van der Waals surface area contributed by atoms with Gasteiger partial charge in [-0.1, -0.05) is 32.9 Å². The highest BCUT2D eigenvalue weighted by atomic mass is 16.3. The second-order valence-corrected chi connectivity index (χ2v) is 3.10. The van der Waals surface area contributed by atoms with Crippen LogP contribution in [0.1, 0.15) is 20.3 Å². The van der Waals surface area contributed by atoms with Crippen molar-refractivity contribution in [2.24, 2.45) is 5.92 Å². The quantitative estimate of drug-likeness (QED) is 0.609. The average molecular weight is 153 g/mol. The van der Waals surface area contributed by atoms with Crippen LogP contribution >= 0.6 is 0 Å². The fraction of sp³-hybridized carbons (Fsp3) is 0.875. The van der Waals surface area contributed by atoms with Gasteiger partial charge in [-0.3, -0.25) is 0 Å². The third-order valence-electron chi connectivity index (χ3n) is 1.99. The van der Waals surface area contributed by atoms with Crippen LogP contribution in [0.5, 0.6) is 0 Å². The van der Waals surface area contributed by atoms with E-state index >= 15 is 0 Å². The zero-order valence-corrected chi connectivity index (χ0v) is 7.38. The van der Waals surface area contributed by atoms with Crippen LogP contribution in [0, 0.1) is 17.1 Å². The standard InChI is InChI=1S/C8H16BNO/c1-3-9(7-10)5-4-8(2)6-11/h8,11H,3-6H2,1-2H3. The molecule has 1 N–H and O–H groups in total. The Labute approximate surface area is 69.3 Å². The van der Waals surface area contributed by atoms with Crippen LogP contribution in [0.2, 0.25) is 12.6 Å². The maximum Gasteiger partial charge on any atom is 0.267 e. The minimum absolute atomic E-state index is 0.184. The first-order chi connectivity index (χ1) is 5.24. The topological polar surface area (TPSA) is 44.0 Å². The molecule has 0 amide bonds. The Kier molecular flexibility index (Phi) is 5.96. The Morgan fingerprint density at radius 2 is 2.27 bits per heavy atom. The molecule has 0 bridgehead atoms. The first kappa shape index (κ1) is 10.5. The Hall–Kier alpha value is -0.485. The molecule has 0 aromatic carbocycles. The van der Waals surface area contributed by atoms with E-state index in [4.69, 9.17) is 10.4 Å². The van der Waals surface area contributed by atoms with Crippen LogP contribution in [0.25, 0.3) is 0 Å². The second-order valence-electron chi connectivity index (χ2n) is 3.10. The van der Waals surface area contributed by atoms with Gasteiger partial charge in [-0.15, -0.1) is 0 Å². The molecule has 0 saturated carbocycles. The summed E-state index contributed by atoms with van der Waals surface area (Å²) in [4.78, 5) is 0. The number of hydrogen-bond acceptors (Lipinski definition) is 2. The smallest absolute Gasteiger partial charge is 0.267 e. The van der Waals surface area contributed by atoms with Crippen molar-refractivity contribution in [2.45, 2.75) is 32.9 Å². The molecule has 0 aromatic heterocycles. The van der Waals surface area contributed by atoms with Gasteiger partial charge in [0.1, 0.15) is 0 Å². The molecular formula is C8H16BNO. The van der Waals surface area contributed by atoms with E-state index in [1.54, 1.807) is 0 Å². The summed E-state index contributed by atoms with van der Waals surface area (Å²) in [7, 11) is 0. The molecule has 0 rings (SSSR count). The van der Waals surface area contributed by atoms with E-state index in [9.17, 15) is 0 Å². The summed E-state index contributed by atoms with van der Waals surface area (Å²) in [6.07, 6.45) is 2.81. The molecular weight excluding hydrogens is 137 g/mol. The van der Waals surface area contributed by atoms with E-state index in [0.717, 1.165) is 19.1 Å². The van der Waals surface area contributed by atoms with Crippen molar-refractivity contribution in [2.75, 3.05) is 6.61 Å². The Morgan fingerprint density at radius 1 is 1.64 bits per heavy atom. The summed E-state index contributed by atoms with van der Waals surface area (Å²) in [5.41, 5.74) is 0. The van der Waals surface area contributed by atoms with Crippen molar-refractivity contribution in [1.82, 2.24) is 0 Å². The van der Waals surface area contributed by atoms with Crippen molar-refractivity contribution in [3.63, 3.8) is 0 Å². The number of hydrogen-bond donors (Lipinski definition) is 1. The third-order valence-corrected chi connectivity index (χ3v) is 1.99. The number of nitrogens with zero attached hydrogens (tertiary/aromatic N) is 1. The summed E-state index contributed by atoms with van der Waals surface area (Å²) >= 11 is 0. The molecule has 3 heteroatoms. The highest BCUT2D eigenvalue weighted by Gasteiger charge is 2.11. The molecule has 0 fully saturated rings. The Balaban J connectivity index is 3.44. The summed E-state index contributed by atoms with van der Waals surface area (Å²) < 4.78 is 0. The zero-order valence-electron chi connectivity index (χ0n) is 7.38. The van der Waals surface area contributed by atoms with Gasteiger partial charge in [0.15, 0.2) is 0 Å². The van der Waals surface area contributed by atoms with E-state index in [0.29, 0.717) is 5.92 Å². The van der Waals surface area contributed by atoms with Crippen LogP contribution in [0.4, 0.5) is 0 Å². The Morgan fingerprint density at radius 3 is 2.64 bits per heavy atom. The maximum atomic E-state index is 8.71.